The first-order valence-corrected chi connectivity index (χ1v) is 15.7. The van der Waals surface area contributed by atoms with E-state index in [2.05, 4.69) is 13.5 Å². The van der Waals surface area contributed by atoms with Gasteiger partial charge in [0.05, 0.1) is 92.5 Å². The molecule has 0 aliphatic carbocycles. The van der Waals surface area contributed by atoms with Crippen molar-refractivity contribution in [1.82, 2.24) is 0 Å². The molecule has 0 aromatic heterocycles. The van der Waals surface area contributed by atoms with E-state index in [0.29, 0.717) is 98.9 Å². The van der Waals surface area contributed by atoms with Gasteiger partial charge in [-0.2, -0.15) is 0 Å². The molecule has 0 aliphatic heterocycles. The number of carbonyl (C=O) groups excluding carboxylic acids is 2. The largest absolute Gasteiger partial charge is 0.463 e. The fraction of sp³-hybridized carbons (Fsp3) is 0.871. The Hall–Kier alpha value is -1.60. The van der Waals surface area contributed by atoms with E-state index in [1.165, 1.54) is 44.9 Å². The lowest BCUT2D eigenvalue weighted by atomic mass is 10.1. The van der Waals surface area contributed by atoms with E-state index in [9.17, 15) is 9.59 Å². The molecule has 0 fully saturated rings. The number of hydrogen-bond acceptors (Lipinski definition) is 11. The molecule has 0 aliphatic rings. The predicted molar refractivity (Wildman–Crippen MR) is 160 cm³/mol. The smallest absolute Gasteiger partial charge is 0.330 e. The molecule has 0 aromatic carbocycles. The second-order valence-electron chi connectivity index (χ2n) is 9.46. The van der Waals surface area contributed by atoms with E-state index < -0.39 is 5.97 Å². The van der Waals surface area contributed by atoms with Crippen molar-refractivity contribution in [2.24, 2.45) is 0 Å². The predicted octanol–water partition coefficient (Wildman–Crippen LogP) is 4.30. The third-order valence-corrected chi connectivity index (χ3v) is 5.85. The SMILES string of the molecule is C=CC(=O)OCCOCCOCCOCCOCCOCCOCCOCCOC(=O)CCCCCCCCCCC. The van der Waals surface area contributed by atoms with Crippen LogP contribution in [0.3, 0.4) is 0 Å². The Labute approximate surface area is 253 Å². The zero-order chi connectivity index (χ0) is 30.6. The maximum atomic E-state index is 11.7. The Morgan fingerprint density at radius 2 is 0.762 bits per heavy atom. The van der Waals surface area contributed by atoms with Crippen molar-refractivity contribution in [1.29, 1.82) is 0 Å². The minimum absolute atomic E-state index is 0.140. The minimum Gasteiger partial charge on any atom is -0.463 e. The van der Waals surface area contributed by atoms with E-state index in [0.717, 1.165) is 18.9 Å². The van der Waals surface area contributed by atoms with Crippen LogP contribution in [0, 0.1) is 0 Å². The van der Waals surface area contributed by atoms with Crippen LogP contribution in [0.2, 0.25) is 0 Å². The van der Waals surface area contributed by atoms with Crippen molar-refractivity contribution in [3.05, 3.63) is 12.7 Å². The summed E-state index contributed by atoms with van der Waals surface area (Å²) in [6, 6.07) is 0. The van der Waals surface area contributed by atoms with Gasteiger partial charge in [0.2, 0.25) is 0 Å². The van der Waals surface area contributed by atoms with Gasteiger partial charge in [-0.15, -0.1) is 0 Å². The van der Waals surface area contributed by atoms with Gasteiger partial charge in [-0.05, 0) is 6.42 Å². The molecule has 11 nitrogen and oxygen atoms in total. The van der Waals surface area contributed by atoms with Gasteiger partial charge in [-0.1, -0.05) is 64.9 Å². The molecule has 248 valence electrons. The van der Waals surface area contributed by atoms with Gasteiger partial charge in [0, 0.05) is 12.5 Å². The summed E-state index contributed by atoms with van der Waals surface area (Å²) in [7, 11) is 0. The highest BCUT2D eigenvalue weighted by molar-refractivity contribution is 5.81. The molecule has 0 unspecified atom stereocenters. The van der Waals surface area contributed by atoms with E-state index in [4.69, 9.17) is 42.6 Å². The first-order valence-electron chi connectivity index (χ1n) is 15.7. The Morgan fingerprint density at radius 1 is 0.452 bits per heavy atom. The van der Waals surface area contributed by atoms with Crippen molar-refractivity contribution in [3.63, 3.8) is 0 Å². The molecule has 0 amide bonds. The molecule has 0 atom stereocenters. The van der Waals surface area contributed by atoms with Crippen LogP contribution in [0.25, 0.3) is 0 Å². The number of unbranched alkanes of at least 4 members (excludes halogenated alkanes) is 8. The van der Waals surface area contributed by atoms with E-state index in [1.807, 2.05) is 0 Å². The van der Waals surface area contributed by atoms with Crippen molar-refractivity contribution in [3.8, 4) is 0 Å². The van der Waals surface area contributed by atoms with Gasteiger partial charge in [-0.25, -0.2) is 4.79 Å². The fourth-order valence-corrected chi connectivity index (χ4v) is 3.55. The van der Waals surface area contributed by atoms with Gasteiger partial charge in [0.15, 0.2) is 0 Å². The van der Waals surface area contributed by atoms with Gasteiger partial charge in [0.1, 0.15) is 13.2 Å². The molecule has 0 heterocycles. The molecule has 11 heteroatoms. The van der Waals surface area contributed by atoms with Crippen LogP contribution in [0.4, 0.5) is 0 Å². The molecular weight excluding hydrogens is 548 g/mol. The van der Waals surface area contributed by atoms with E-state index in [-0.39, 0.29) is 19.2 Å². The molecule has 42 heavy (non-hydrogen) atoms. The zero-order valence-corrected chi connectivity index (χ0v) is 26.2. The highest BCUT2D eigenvalue weighted by Crippen LogP contribution is 2.10. The number of ether oxygens (including phenoxy) is 9. The van der Waals surface area contributed by atoms with Gasteiger partial charge in [-0.3, -0.25) is 4.79 Å². The van der Waals surface area contributed by atoms with Gasteiger partial charge < -0.3 is 42.6 Å². The summed E-state index contributed by atoms with van der Waals surface area (Å²) < 4.78 is 47.8. The summed E-state index contributed by atoms with van der Waals surface area (Å²) in [6.45, 7) is 12.4. The third kappa shape index (κ3) is 34.6. The molecule has 0 rings (SSSR count). The topological polar surface area (TPSA) is 117 Å². The standard InChI is InChI=1S/C31H58O11/c1-3-5-6-7-8-9-10-11-12-13-31(33)42-29-27-40-25-23-38-21-19-36-17-15-34-14-16-35-18-20-37-22-24-39-26-28-41-30(32)4-2/h4H,2-3,5-29H2,1H3. The molecule has 0 radical (unpaired) electrons. The van der Waals surface area contributed by atoms with Crippen LogP contribution in [-0.2, 0) is 52.2 Å². The van der Waals surface area contributed by atoms with E-state index in [1.54, 1.807) is 0 Å². The second-order valence-corrected chi connectivity index (χ2v) is 9.46. The van der Waals surface area contributed by atoms with E-state index >= 15 is 0 Å². The average molecular weight is 607 g/mol. The van der Waals surface area contributed by atoms with Crippen LogP contribution < -0.4 is 0 Å². The Bertz CT molecular complexity index is 589. The Kier molecular flexibility index (Phi) is 34.2. The summed E-state index contributed by atoms with van der Waals surface area (Å²) >= 11 is 0. The quantitative estimate of drug-likeness (QED) is 0.0584. The van der Waals surface area contributed by atoms with Crippen molar-refractivity contribution in [2.45, 2.75) is 71.1 Å². The van der Waals surface area contributed by atoms with Crippen LogP contribution in [-0.4, -0.2) is 118 Å². The molecular formula is C31H58O11. The monoisotopic (exact) mass is 606 g/mol. The fourth-order valence-electron chi connectivity index (χ4n) is 3.55. The Balaban J connectivity index is 3.13. The van der Waals surface area contributed by atoms with Crippen LogP contribution in [0.1, 0.15) is 71.1 Å². The summed E-state index contributed by atoms with van der Waals surface area (Å²) in [6.07, 6.45) is 12.7. The highest BCUT2D eigenvalue weighted by Gasteiger charge is 2.03. The first-order chi connectivity index (χ1) is 20.7. The van der Waals surface area contributed by atoms with Gasteiger partial charge >= 0.3 is 11.9 Å². The lowest BCUT2D eigenvalue weighted by Crippen LogP contribution is -2.15. The summed E-state index contributed by atoms with van der Waals surface area (Å²) in [5, 5.41) is 0. The van der Waals surface area contributed by atoms with Crippen LogP contribution in [0.5, 0.6) is 0 Å². The maximum Gasteiger partial charge on any atom is 0.330 e. The highest BCUT2D eigenvalue weighted by atomic mass is 16.6. The molecule has 0 aromatic rings. The lowest BCUT2D eigenvalue weighted by Gasteiger charge is -2.09. The van der Waals surface area contributed by atoms with Crippen LogP contribution in [0.15, 0.2) is 12.7 Å². The summed E-state index contributed by atoms with van der Waals surface area (Å²) in [5.41, 5.74) is 0. The average Bonchev–Trinajstić information content (AvgIpc) is 3.00. The lowest BCUT2D eigenvalue weighted by molar-refractivity contribution is -0.145. The van der Waals surface area contributed by atoms with Crippen molar-refractivity contribution in [2.75, 3.05) is 106 Å². The summed E-state index contributed by atoms with van der Waals surface area (Å²) in [4.78, 5) is 22.6. The summed E-state index contributed by atoms with van der Waals surface area (Å²) in [5.74, 6) is -0.599. The normalized spacial score (nSPS) is 11.1. The maximum absolute atomic E-state index is 11.7. The first kappa shape index (κ1) is 40.4. The molecule has 0 saturated carbocycles. The van der Waals surface area contributed by atoms with Crippen LogP contribution >= 0.6 is 0 Å². The van der Waals surface area contributed by atoms with Crippen molar-refractivity contribution < 1.29 is 52.2 Å². The number of hydrogen-bond donors (Lipinski definition) is 0. The number of carbonyl (C=O) groups is 2. The number of rotatable bonds is 35. The number of esters is 2. The zero-order valence-electron chi connectivity index (χ0n) is 26.2. The molecule has 0 N–H and O–H groups in total. The Morgan fingerprint density at radius 3 is 1.12 bits per heavy atom. The second kappa shape index (κ2) is 35.6. The van der Waals surface area contributed by atoms with Gasteiger partial charge in [0.25, 0.3) is 0 Å². The molecule has 0 bridgehead atoms. The molecule has 0 saturated heterocycles. The minimum atomic E-state index is -0.459. The van der Waals surface area contributed by atoms with Crippen molar-refractivity contribution >= 4 is 11.9 Å². The third-order valence-electron chi connectivity index (χ3n) is 5.85. The molecule has 0 spiro atoms.